The van der Waals surface area contributed by atoms with Gasteiger partial charge >= 0.3 is 231 Å². The van der Waals surface area contributed by atoms with Gasteiger partial charge in [0.1, 0.15) is 0 Å². The van der Waals surface area contributed by atoms with Crippen molar-refractivity contribution in [3.63, 3.8) is 0 Å². The molecule has 37 heavy (non-hydrogen) atoms. The van der Waals surface area contributed by atoms with Crippen LogP contribution in [-0.4, -0.2) is 28.8 Å². The fourth-order valence-electron chi connectivity index (χ4n) is 5.32. The molecule has 0 heterocycles. The first-order valence-corrected chi connectivity index (χ1v) is 22.4. The predicted molar refractivity (Wildman–Crippen MR) is 151 cm³/mol. The summed E-state index contributed by atoms with van der Waals surface area (Å²) in [5.41, 5.74) is 6.56. The molecule has 0 bridgehead atoms. The molecule has 4 rings (SSSR count). The van der Waals surface area contributed by atoms with E-state index in [1.54, 1.807) is 28.9 Å². The number of rotatable bonds is 6. The van der Waals surface area contributed by atoms with E-state index >= 15 is 0 Å². The minimum Gasteiger partial charge on any atom is -1.00 e. The Hall–Kier alpha value is 0.777. The maximum Gasteiger partial charge on any atom is -1.00 e. The monoisotopic (exact) mass is 658 g/mol. The smallest absolute Gasteiger partial charge is 1.00 e. The SMILES string of the molecule is CC(C)(C)[Si](C)(C)O[C@@H]1[C]([Zr+2][C]2=CC3=C(CCCC3)[C@H]2O[Si](C)(C)C(C)(C)C)=CC2=C1CCCC2.[Cl-].[Cl-]. The van der Waals surface area contributed by atoms with E-state index in [1.807, 2.05) is 0 Å². The molecule has 0 radical (unpaired) electrons. The molecule has 0 saturated carbocycles. The summed E-state index contributed by atoms with van der Waals surface area (Å²) in [6.45, 7) is 24.1. The maximum atomic E-state index is 7.25. The second-order valence-electron chi connectivity index (χ2n) is 14.4. The van der Waals surface area contributed by atoms with Gasteiger partial charge in [-0.15, -0.1) is 0 Å². The molecule has 4 aliphatic rings. The zero-order chi connectivity index (χ0) is 25.8. The summed E-state index contributed by atoms with van der Waals surface area (Å²) in [6.07, 6.45) is 16.1. The second-order valence-corrected chi connectivity index (χ2v) is 27.3. The van der Waals surface area contributed by atoms with Crippen LogP contribution in [0.2, 0.25) is 36.3 Å². The Kier molecular flexibility index (Phi) is 11.3. The molecule has 2 atom stereocenters. The summed E-state index contributed by atoms with van der Waals surface area (Å²) >= 11 is -1.00. The summed E-state index contributed by atoms with van der Waals surface area (Å²) < 4.78 is 17.9. The second kappa shape index (κ2) is 12.3. The van der Waals surface area contributed by atoms with Gasteiger partial charge in [0, 0.05) is 0 Å². The van der Waals surface area contributed by atoms with E-state index in [-0.39, 0.29) is 47.1 Å². The number of hydrogen-bond donors (Lipinski definition) is 0. The summed E-state index contributed by atoms with van der Waals surface area (Å²) in [5.74, 6) is 0. The molecule has 0 N–H and O–H groups in total. The Morgan fingerprint density at radius 2 is 0.946 bits per heavy atom. The first kappa shape index (κ1) is 34.0. The van der Waals surface area contributed by atoms with Gasteiger partial charge in [-0.1, -0.05) is 0 Å². The van der Waals surface area contributed by atoms with Gasteiger partial charge in [0.15, 0.2) is 0 Å². The molecule has 0 unspecified atom stereocenters. The number of hydrogen-bond acceptors (Lipinski definition) is 2. The molecule has 0 spiro atoms. The first-order chi connectivity index (χ1) is 16.1. The van der Waals surface area contributed by atoms with Gasteiger partial charge in [-0.3, -0.25) is 0 Å². The predicted octanol–water partition coefficient (Wildman–Crippen LogP) is 3.39. The van der Waals surface area contributed by atoms with E-state index in [2.05, 4.69) is 79.9 Å². The van der Waals surface area contributed by atoms with Gasteiger partial charge in [-0.25, -0.2) is 0 Å². The first-order valence-electron chi connectivity index (χ1n) is 14.1. The van der Waals surface area contributed by atoms with Gasteiger partial charge < -0.3 is 24.8 Å². The van der Waals surface area contributed by atoms with Gasteiger partial charge in [0.05, 0.1) is 0 Å². The molecule has 0 aromatic heterocycles. The third-order valence-corrected chi connectivity index (χ3v) is 22.0. The van der Waals surface area contributed by atoms with Crippen LogP contribution in [0.1, 0.15) is 92.9 Å². The zero-order valence-corrected chi connectivity index (χ0v) is 31.0. The van der Waals surface area contributed by atoms with Crippen LogP contribution >= 0.6 is 0 Å². The molecule has 0 saturated heterocycles. The van der Waals surface area contributed by atoms with Gasteiger partial charge in [0.2, 0.25) is 0 Å². The summed E-state index contributed by atoms with van der Waals surface area (Å²) in [6, 6.07) is 0. The van der Waals surface area contributed by atoms with Crippen molar-refractivity contribution in [1.82, 2.24) is 0 Å². The minimum absolute atomic E-state index is 0. The van der Waals surface area contributed by atoms with Crippen molar-refractivity contribution in [2.24, 2.45) is 0 Å². The van der Waals surface area contributed by atoms with Crippen LogP contribution < -0.4 is 24.8 Å². The Morgan fingerprint density at radius 1 is 0.622 bits per heavy atom. The van der Waals surface area contributed by atoms with Crippen LogP contribution in [0.15, 0.2) is 41.0 Å². The molecular weight excluding hydrogens is 611 g/mol. The van der Waals surface area contributed by atoms with Crippen LogP contribution in [0.5, 0.6) is 0 Å². The number of allylic oxidation sites excluding steroid dienone is 4. The van der Waals surface area contributed by atoms with Crippen molar-refractivity contribution in [3.05, 3.63) is 41.0 Å². The molecular formula is C30H50Cl2O2Si2Zr. The van der Waals surface area contributed by atoms with E-state index in [4.69, 9.17) is 8.85 Å². The minimum atomic E-state index is -1.86. The van der Waals surface area contributed by atoms with Crippen molar-refractivity contribution < 1.29 is 56.9 Å². The van der Waals surface area contributed by atoms with Crippen molar-refractivity contribution in [2.45, 2.75) is 141 Å². The van der Waals surface area contributed by atoms with Crippen LogP contribution in [0.3, 0.4) is 0 Å². The van der Waals surface area contributed by atoms with E-state index in [9.17, 15) is 0 Å². The zero-order valence-electron chi connectivity index (χ0n) is 25.0. The Morgan fingerprint density at radius 3 is 1.27 bits per heavy atom. The largest absolute Gasteiger partial charge is 1.00 e. The Bertz CT molecular complexity index is 903. The normalized spacial score (nSPS) is 24.5. The van der Waals surface area contributed by atoms with Crippen LogP contribution in [0.4, 0.5) is 0 Å². The maximum absolute atomic E-state index is 7.25. The molecule has 0 aromatic rings. The summed E-state index contributed by atoms with van der Waals surface area (Å²) in [4.78, 5) is 0. The van der Waals surface area contributed by atoms with E-state index in [0.717, 1.165) is 0 Å². The van der Waals surface area contributed by atoms with Crippen molar-refractivity contribution in [3.8, 4) is 0 Å². The number of halogens is 2. The van der Waals surface area contributed by atoms with Gasteiger partial charge in [-0.05, 0) is 0 Å². The van der Waals surface area contributed by atoms with E-state index in [1.165, 1.54) is 51.4 Å². The van der Waals surface area contributed by atoms with Crippen molar-refractivity contribution in [2.75, 3.05) is 0 Å². The molecule has 0 amide bonds. The van der Waals surface area contributed by atoms with Crippen LogP contribution in [0, 0.1) is 0 Å². The van der Waals surface area contributed by atoms with Crippen molar-refractivity contribution >= 4 is 16.6 Å². The summed E-state index contributed by atoms with van der Waals surface area (Å²) in [5, 5.41) is 0.477. The average Bonchev–Trinajstić information content (AvgIpc) is 3.24. The third-order valence-electron chi connectivity index (χ3n) is 9.69. The molecule has 0 aromatic carbocycles. The van der Waals surface area contributed by atoms with Gasteiger partial charge in [0.25, 0.3) is 0 Å². The average molecular weight is 661 g/mol. The summed E-state index contributed by atoms with van der Waals surface area (Å²) in [7, 11) is -3.71. The van der Waals surface area contributed by atoms with E-state index in [0.29, 0.717) is 0 Å². The molecule has 208 valence electrons. The fourth-order valence-corrected chi connectivity index (χ4v) is 12.1. The molecule has 2 nitrogen and oxygen atoms in total. The van der Waals surface area contributed by atoms with Crippen molar-refractivity contribution in [1.29, 1.82) is 0 Å². The topological polar surface area (TPSA) is 18.5 Å². The Labute approximate surface area is 254 Å². The Balaban J connectivity index is 0.00000241. The molecule has 7 heteroatoms. The van der Waals surface area contributed by atoms with Gasteiger partial charge in [-0.2, -0.15) is 0 Å². The molecule has 0 aliphatic heterocycles. The third kappa shape index (κ3) is 7.17. The quantitative estimate of drug-likeness (QED) is 0.407. The van der Waals surface area contributed by atoms with Crippen LogP contribution in [-0.2, 0) is 32.1 Å². The molecule has 0 fully saturated rings. The van der Waals surface area contributed by atoms with E-state index < -0.39 is 39.9 Å². The molecule has 4 aliphatic carbocycles. The standard InChI is InChI=1S/2C15H25OSi.2ClH.Zr/c2*1-15(2,3)17(4,5)16-14-11-10-12-8-6-7-9-13(12)14;;;/h2*10,14H,6-9H2,1-5H3;2*1H;/q;;;;+2/p-2/t2*14-;;;/m10.../s1. The van der Waals surface area contributed by atoms with Crippen LogP contribution in [0.25, 0.3) is 0 Å². The fraction of sp³-hybridized carbons (Fsp3) is 0.733.